The van der Waals surface area contributed by atoms with Gasteiger partial charge in [0.2, 0.25) is 0 Å². The van der Waals surface area contributed by atoms with Gasteiger partial charge in [0.05, 0.1) is 6.33 Å². The van der Waals surface area contributed by atoms with Gasteiger partial charge in [-0.1, -0.05) is 17.8 Å². The highest BCUT2D eigenvalue weighted by Gasteiger charge is 2.12. The zero-order valence-electron chi connectivity index (χ0n) is 10.7. The maximum Gasteiger partial charge on any atom is 0.181 e. The normalized spacial score (nSPS) is 12.8. The van der Waals surface area contributed by atoms with Crippen molar-refractivity contribution in [2.45, 2.75) is 22.9 Å². The average Bonchev–Trinajstić information content (AvgIpc) is 2.90. The molecule has 3 N–H and O–H groups in total. The van der Waals surface area contributed by atoms with E-state index in [0.29, 0.717) is 21.1 Å². The lowest BCUT2D eigenvalue weighted by Crippen LogP contribution is -2.05. The van der Waals surface area contributed by atoms with E-state index in [-0.39, 0.29) is 11.9 Å². The Morgan fingerprint density at radius 1 is 1.30 bits per heavy atom. The number of imidazole rings is 1. The molecule has 0 bridgehead atoms. The molecule has 1 aromatic carbocycles. The molecular weight excluding hydrogens is 277 g/mol. The van der Waals surface area contributed by atoms with E-state index < -0.39 is 0 Å². The van der Waals surface area contributed by atoms with E-state index in [0.717, 1.165) is 5.56 Å². The van der Waals surface area contributed by atoms with Crippen LogP contribution in [-0.2, 0) is 0 Å². The topological polar surface area (TPSA) is 80.5 Å². The number of nitrogens with two attached hydrogens (primary N) is 1. The Kier molecular flexibility index (Phi) is 3.37. The van der Waals surface area contributed by atoms with Gasteiger partial charge in [0.25, 0.3) is 0 Å². The summed E-state index contributed by atoms with van der Waals surface area (Å²) >= 11 is 1.23. The van der Waals surface area contributed by atoms with Crippen LogP contribution < -0.4 is 5.73 Å². The van der Waals surface area contributed by atoms with E-state index in [4.69, 9.17) is 5.73 Å². The monoisotopic (exact) mass is 289 g/mol. The van der Waals surface area contributed by atoms with Gasteiger partial charge < -0.3 is 10.7 Å². The van der Waals surface area contributed by atoms with Crippen LogP contribution in [-0.4, -0.2) is 19.9 Å². The standard InChI is InChI=1S/C13H12FN5S/c1-7(15)8-2-3-10(9(14)4-8)20-13-11-12(17-5-16-11)18-6-19-13/h2-7H,15H2,1H3,(H,16,17,18,19). The number of benzene rings is 1. The Bertz CT molecular complexity index is 755. The van der Waals surface area contributed by atoms with Crippen molar-refractivity contribution in [3.8, 4) is 0 Å². The molecule has 0 radical (unpaired) electrons. The summed E-state index contributed by atoms with van der Waals surface area (Å²) in [5, 5.41) is 0.639. The van der Waals surface area contributed by atoms with E-state index in [2.05, 4.69) is 19.9 Å². The maximum absolute atomic E-state index is 14.1. The number of halogens is 1. The molecule has 3 rings (SSSR count). The number of rotatable bonds is 3. The van der Waals surface area contributed by atoms with Crippen LogP contribution in [0.4, 0.5) is 4.39 Å². The Morgan fingerprint density at radius 3 is 2.90 bits per heavy atom. The number of H-pyrrole nitrogens is 1. The van der Waals surface area contributed by atoms with Gasteiger partial charge in [0.15, 0.2) is 5.65 Å². The molecule has 0 saturated carbocycles. The summed E-state index contributed by atoms with van der Waals surface area (Å²) in [6.07, 6.45) is 2.96. The minimum absolute atomic E-state index is 0.193. The van der Waals surface area contributed by atoms with Gasteiger partial charge in [-0.25, -0.2) is 19.3 Å². The quantitative estimate of drug-likeness (QED) is 0.724. The van der Waals surface area contributed by atoms with Gasteiger partial charge in [-0.15, -0.1) is 0 Å². The third-order valence-electron chi connectivity index (χ3n) is 2.88. The van der Waals surface area contributed by atoms with Crippen molar-refractivity contribution in [2.24, 2.45) is 5.73 Å². The summed E-state index contributed by atoms with van der Waals surface area (Å²) in [6, 6.07) is 4.80. The average molecular weight is 289 g/mol. The number of aromatic nitrogens is 4. The Hall–Kier alpha value is -1.99. The van der Waals surface area contributed by atoms with Crippen LogP contribution in [0.25, 0.3) is 11.2 Å². The first kappa shape index (κ1) is 13.0. The Morgan fingerprint density at radius 2 is 2.15 bits per heavy atom. The zero-order valence-corrected chi connectivity index (χ0v) is 11.5. The second-order valence-corrected chi connectivity index (χ2v) is 5.39. The molecule has 5 nitrogen and oxygen atoms in total. The Balaban J connectivity index is 1.97. The van der Waals surface area contributed by atoms with Gasteiger partial charge in [0.1, 0.15) is 22.7 Å². The molecule has 0 fully saturated rings. The van der Waals surface area contributed by atoms with Crippen LogP contribution >= 0.6 is 11.8 Å². The van der Waals surface area contributed by atoms with E-state index in [1.165, 1.54) is 24.2 Å². The molecule has 0 aliphatic carbocycles. The fourth-order valence-corrected chi connectivity index (χ4v) is 2.66. The molecule has 0 spiro atoms. The largest absolute Gasteiger partial charge is 0.341 e. The van der Waals surface area contributed by atoms with E-state index in [1.807, 2.05) is 13.0 Å². The molecular formula is C13H12FN5S. The highest BCUT2D eigenvalue weighted by Crippen LogP contribution is 2.32. The van der Waals surface area contributed by atoms with Crippen molar-refractivity contribution in [2.75, 3.05) is 0 Å². The molecule has 0 aliphatic heterocycles. The molecule has 2 aromatic heterocycles. The highest BCUT2D eigenvalue weighted by atomic mass is 32.2. The molecule has 3 aromatic rings. The van der Waals surface area contributed by atoms with Crippen LogP contribution in [0.5, 0.6) is 0 Å². The zero-order chi connectivity index (χ0) is 14.1. The second kappa shape index (κ2) is 5.18. The summed E-state index contributed by atoms with van der Waals surface area (Å²) in [6.45, 7) is 1.82. The number of hydrogen-bond acceptors (Lipinski definition) is 5. The van der Waals surface area contributed by atoms with Crippen molar-refractivity contribution in [3.05, 3.63) is 42.2 Å². The van der Waals surface area contributed by atoms with Gasteiger partial charge in [-0.2, -0.15) is 0 Å². The minimum Gasteiger partial charge on any atom is -0.341 e. The number of nitrogens with zero attached hydrogens (tertiary/aromatic N) is 3. The lowest BCUT2D eigenvalue weighted by atomic mass is 10.1. The number of nitrogens with one attached hydrogen (secondary N) is 1. The summed E-state index contributed by atoms with van der Waals surface area (Å²) in [5.74, 6) is -0.309. The van der Waals surface area contributed by atoms with E-state index in [1.54, 1.807) is 12.4 Å². The minimum atomic E-state index is -0.309. The van der Waals surface area contributed by atoms with Gasteiger partial charge in [-0.05, 0) is 24.6 Å². The van der Waals surface area contributed by atoms with Crippen molar-refractivity contribution in [3.63, 3.8) is 0 Å². The molecule has 7 heteroatoms. The summed E-state index contributed by atoms with van der Waals surface area (Å²) in [4.78, 5) is 15.7. The van der Waals surface area contributed by atoms with Crippen LogP contribution in [0.3, 0.4) is 0 Å². The van der Waals surface area contributed by atoms with Gasteiger partial charge in [0, 0.05) is 10.9 Å². The van der Waals surface area contributed by atoms with E-state index >= 15 is 0 Å². The molecule has 1 unspecified atom stereocenters. The fourth-order valence-electron chi connectivity index (χ4n) is 1.81. The maximum atomic E-state index is 14.1. The van der Waals surface area contributed by atoms with Crippen LogP contribution in [0.1, 0.15) is 18.5 Å². The first-order chi connectivity index (χ1) is 9.65. The fraction of sp³-hybridized carbons (Fsp3) is 0.154. The predicted octanol–water partition coefficient (Wildman–Crippen LogP) is 2.66. The molecule has 0 aliphatic rings. The number of hydrogen-bond donors (Lipinski definition) is 2. The summed E-state index contributed by atoms with van der Waals surface area (Å²) in [7, 11) is 0. The molecule has 102 valence electrons. The van der Waals surface area contributed by atoms with Crippen LogP contribution in [0.15, 0.2) is 40.8 Å². The molecule has 1 atom stereocenters. The number of fused-ring (bicyclic) bond motifs is 1. The van der Waals surface area contributed by atoms with Crippen LogP contribution in [0, 0.1) is 5.82 Å². The lowest BCUT2D eigenvalue weighted by molar-refractivity contribution is 0.596. The van der Waals surface area contributed by atoms with Crippen molar-refractivity contribution in [1.29, 1.82) is 0 Å². The number of aromatic amines is 1. The second-order valence-electron chi connectivity index (χ2n) is 4.36. The van der Waals surface area contributed by atoms with E-state index in [9.17, 15) is 4.39 Å². The first-order valence-corrected chi connectivity index (χ1v) is 6.84. The summed E-state index contributed by atoms with van der Waals surface area (Å²) < 4.78 is 14.1. The lowest BCUT2D eigenvalue weighted by Gasteiger charge is -2.08. The first-order valence-electron chi connectivity index (χ1n) is 6.02. The van der Waals surface area contributed by atoms with Crippen molar-refractivity contribution in [1.82, 2.24) is 19.9 Å². The summed E-state index contributed by atoms with van der Waals surface area (Å²) in [5.41, 5.74) is 7.77. The molecule has 2 heterocycles. The third-order valence-corrected chi connectivity index (χ3v) is 3.93. The van der Waals surface area contributed by atoms with Gasteiger partial charge in [-0.3, -0.25) is 0 Å². The molecule has 20 heavy (non-hydrogen) atoms. The van der Waals surface area contributed by atoms with Crippen LogP contribution in [0.2, 0.25) is 0 Å². The third kappa shape index (κ3) is 2.37. The van der Waals surface area contributed by atoms with Crippen molar-refractivity contribution >= 4 is 22.9 Å². The van der Waals surface area contributed by atoms with Crippen molar-refractivity contribution < 1.29 is 4.39 Å². The molecule has 0 saturated heterocycles. The predicted molar refractivity (Wildman–Crippen MR) is 74.8 cm³/mol. The van der Waals surface area contributed by atoms with Gasteiger partial charge >= 0.3 is 0 Å². The smallest absolute Gasteiger partial charge is 0.181 e. The Labute approximate surface area is 118 Å². The highest BCUT2D eigenvalue weighted by molar-refractivity contribution is 7.99. The SMILES string of the molecule is CC(N)c1ccc(Sc2ncnc3nc[nH]c23)c(F)c1. The molecule has 0 amide bonds.